The molecule has 2 fully saturated rings. The van der Waals surface area contributed by atoms with Crippen LogP contribution in [0.25, 0.3) is 22.3 Å². The van der Waals surface area contributed by atoms with Crippen LogP contribution in [0.3, 0.4) is 0 Å². The largest absolute Gasteiger partial charge is 0.384 e. The summed E-state index contributed by atoms with van der Waals surface area (Å²) in [5, 5.41) is 22.5. The van der Waals surface area contributed by atoms with Gasteiger partial charge in [0.1, 0.15) is 17.7 Å². The van der Waals surface area contributed by atoms with Crippen LogP contribution in [-0.4, -0.2) is 95.8 Å². The summed E-state index contributed by atoms with van der Waals surface area (Å²) < 4.78 is 28.1. The quantitative estimate of drug-likeness (QED) is 0.292. The third-order valence-corrected chi connectivity index (χ3v) is 9.80. The standard InChI is InChI=1S/C27H34N10O4S/c1-4-17(2)37-22-13-24(29-15-21(22)26(33-37)34-9-11-35(12-10-34)27(39)18(3)38)31-23-7-8-28-25(32-23)19-14-30-36(16-19)42(40,41)20-5-6-20/h7-8,13-18,20,38H,4-6,9-12H2,1-3H3,(H,28,29,31,32)/t17?,18-/m0/s1. The topological polar surface area (TPSA) is 164 Å². The summed E-state index contributed by atoms with van der Waals surface area (Å²) in [7, 11) is -3.48. The van der Waals surface area contributed by atoms with Crippen molar-refractivity contribution in [2.24, 2.45) is 0 Å². The van der Waals surface area contributed by atoms with Crippen LogP contribution in [0, 0.1) is 0 Å². The van der Waals surface area contributed by atoms with Gasteiger partial charge < -0.3 is 20.2 Å². The van der Waals surface area contributed by atoms with Crippen LogP contribution in [0.5, 0.6) is 0 Å². The Balaban J connectivity index is 1.25. The molecular weight excluding hydrogens is 560 g/mol. The minimum absolute atomic E-state index is 0.142. The number of aromatic nitrogens is 7. The molecule has 2 N–H and O–H groups in total. The van der Waals surface area contributed by atoms with E-state index in [9.17, 15) is 18.3 Å². The first kappa shape index (κ1) is 28.0. The Bertz CT molecular complexity index is 1720. The second-order valence-corrected chi connectivity index (χ2v) is 12.9. The van der Waals surface area contributed by atoms with E-state index in [1.807, 2.05) is 10.7 Å². The van der Waals surface area contributed by atoms with Crippen LogP contribution >= 0.6 is 0 Å². The number of hydrogen-bond acceptors (Lipinski definition) is 11. The molecule has 0 aromatic carbocycles. The molecule has 1 saturated carbocycles. The summed E-state index contributed by atoms with van der Waals surface area (Å²) in [5.74, 6) is 1.97. The highest BCUT2D eigenvalue weighted by Crippen LogP contribution is 2.32. The lowest BCUT2D eigenvalue weighted by atomic mass is 10.2. The minimum atomic E-state index is -3.48. The molecule has 1 amide bonds. The molecule has 4 aromatic heterocycles. The zero-order valence-electron chi connectivity index (χ0n) is 23.8. The second kappa shape index (κ2) is 10.9. The van der Waals surface area contributed by atoms with Gasteiger partial charge in [-0.15, -0.1) is 0 Å². The molecule has 4 aromatic rings. The Labute approximate surface area is 243 Å². The normalized spacial score (nSPS) is 17.4. The number of pyridine rings is 1. The zero-order chi connectivity index (χ0) is 29.6. The number of nitrogens with zero attached hydrogens (tertiary/aromatic N) is 9. The van der Waals surface area contributed by atoms with Crippen molar-refractivity contribution in [3.63, 3.8) is 0 Å². The van der Waals surface area contributed by atoms with Crippen LogP contribution in [0.2, 0.25) is 0 Å². The van der Waals surface area contributed by atoms with E-state index < -0.39 is 16.1 Å². The zero-order valence-corrected chi connectivity index (χ0v) is 24.6. The van der Waals surface area contributed by atoms with Gasteiger partial charge in [-0.3, -0.25) is 9.48 Å². The van der Waals surface area contributed by atoms with Gasteiger partial charge in [0.2, 0.25) is 0 Å². The fourth-order valence-corrected chi connectivity index (χ4v) is 6.48. The molecule has 222 valence electrons. The van der Waals surface area contributed by atoms with Crippen molar-refractivity contribution in [2.75, 3.05) is 36.4 Å². The average molecular weight is 595 g/mol. The van der Waals surface area contributed by atoms with Crippen molar-refractivity contribution in [2.45, 2.75) is 57.4 Å². The van der Waals surface area contributed by atoms with E-state index in [2.05, 4.69) is 44.1 Å². The number of nitrogens with one attached hydrogen (secondary N) is 1. The lowest BCUT2D eigenvalue weighted by Gasteiger charge is -2.35. The second-order valence-electron chi connectivity index (χ2n) is 10.8. The number of fused-ring (bicyclic) bond motifs is 1. The molecule has 0 bridgehead atoms. The van der Waals surface area contributed by atoms with Gasteiger partial charge in [-0.05, 0) is 39.2 Å². The molecule has 1 aliphatic heterocycles. The summed E-state index contributed by atoms with van der Waals surface area (Å²) in [6, 6.07) is 3.79. The first-order chi connectivity index (χ1) is 20.2. The maximum absolute atomic E-state index is 12.5. The molecule has 0 radical (unpaired) electrons. The number of piperazine rings is 1. The maximum atomic E-state index is 12.5. The van der Waals surface area contributed by atoms with Crippen LogP contribution in [0.15, 0.2) is 36.9 Å². The first-order valence-corrected chi connectivity index (χ1v) is 15.7. The van der Waals surface area contributed by atoms with Crippen LogP contribution in [0.4, 0.5) is 17.5 Å². The monoisotopic (exact) mass is 594 g/mol. The molecule has 6 rings (SSSR count). The highest BCUT2D eigenvalue weighted by atomic mass is 32.2. The van der Waals surface area contributed by atoms with Crippen LogP contribution in [0.1, 0.15) is 46.1 Å². The third kappa shape index (κ3) is 5.29. The lowest BCUT2D eigenvalue weighted by molar-refractivity contribution is -0.139. The number of rotatable bonds is 9. The van der Waals surface area contributed by atoms with Gasteiger partial charge in [0.25, 0.3) is 15.9 Å². The Morgan fingerprint density at radius 3 is 2.57 bits per heavy atom. The molecule has 1 aliphatic carbocycles. The molecule has 14 nitrogen and oxygen atoms in total. The van der Waals surface area contributed by atoms with E-state index in [0.29, 0.717) is 62.0 Å². The molecule has 1 saturated heterocycles. The van der Waals surface area contributed by atoms with E-state index in [1.165, 1.54) is 19.3 Å². The lowest BCUT2D eigenvalue weighted by Crippen LogP contribution is -2.51. The van der Waals surface area contributed by atoms with Crippen molar-refractivity contribution in [3.05, 3.63) is 36.9 Å². The van der Waals surface area contributed by atoms with Crippen LogP contribution < -0.4 is 10.2 Å². The Hall–Kier alpha value is -4.11. The SMILES string of the molecule is CCC(C)n1nc(N2CCN(C(=O)[C@H](C)O)CC2)c2cnc(Nc3ccnc(-c4cnn(S(=O)(=O)C5CC5)c4)n3)cc21. The number of amides is 1. The molecule has 1 unspecified atom stereocenters. The number of aliphatic hydroxyl groups is 1. The smallest absolute Gasteiger partial charge is 0.256 e. The van der Waals surface area contributed by atoms with Gasteiger partial charge in [0.05, 0.1) is 34.1 Å². The van der Waals surface area contributed by atoms with Crippen molar-refractivity contribution in [3.8, 4) is 11.4 Å². The predicted octanol–water partition coefficient (Wildman–Crippen LogP) is 2.17. The number of hydrogen-bond donors (Lipinski definition) is 2. The summed E-state index contributed by atoms with van der Waals surface area (Å²) >= 11 is 0. The predicted molar refractivity (Wildman–Crippen MR) is 157 cm³/mol. The van der Waals surface area contributed by atoms with Crippen molar-refractivity contribution in [1.82, 2.24) is 38.8 Å². The molecule has 5 heterocycles. The molecular formula is C27H34N10O4S. The first-order valence-electron chi connectivity index (χ1n) is 14.1. The fourth-order valence-electron chi connectivity index (χ4n) is 5.01. The maximum Gasteiger partial charge on any atom is 0.256 e. The summed E-state index contributed by atoms with van der Waals surface area (Å²) in [6.45, 7) is 7.95. The van der Waals surface area contributed by atoms with Gasteiger partial charge in [-0.25, -0.2) is 23.4 Å². The van der Waals surface area contributed by atoms with E-state index in [0.717, 1.165) is 27.2 Å². The fraction of sp³-hybridized carbons (Fsp3) is 0.481. The molecule has 42 heavy (non-hydrogen) atoms. The van der Waals surface area contributed by atoms with E-state index in [-0.39, 0.29) is 17.2 Å². The summed E-state index contributed by atoms with van der Waals surface area (Å²) in [4.78, 5) is 29.6. The number of anilines is 3. The molecule has 2 atom stereocenters. The Kier molecular flexibility index (Phi) is 7.30. The van der Waals surface area contributed by atoms with Gasteiger partial charge in [-0.1, -0.05) is 6.92 Å². The molecule has 0 spiro atoms. The van der Waals surface area contributed by atoms with Crippen molar-refractivity contribution in [1.29, 1.82) is 0 Å². The number of carbonyl (C=O) groups is 1. The van der Waals surface area contributed by atoms with E-state index >= 15 is 0 Å². The molecule has 15 heteroatoms. The third-order valence-electron chi connectivity index (χ3n) is 7.77. The van der Waals surface area contributed by atoms with Gasteiger partial charge >= 0.3 is 0 Å². The highest BCUT2D eigenvalue weighted by molar-refractivity contribution is 7.90. The van der Waals surface area contributed by atoms with Crippen LogP contribution in [-0.2, 0) is 14.8 Å². The van der Waals surface area contributed by atoms with Gasteiger partial charge in [0.15, 0.2) is 11.6 Å². The summed E-state index contributed by atoms with van der Waals surface area (Å²) in [5.41, 5.74) is 1.42. The number of carbonyl (C=O) groups excluding carboxylic acids is 1. The Morgan fingerprint density at radius 1 is 1.12 bits per heavy atom. The molecule has 2 aliphatic rings. The van der Waals surface area contributed by atoms with E-state index in [4.69, 9.17) is 5.10 Å². The minimum Gasteiger partial charge on any atom is -0.384 e. The van der Waals surface area contributed by atoms with Gasteiger partial charge in [0, 0.05) is 50.7 Å². The summed E-state index contributed by atoms with van der Waals surface area (Å²) in [6.07, 6.45) is 7.48. The Morgan fingerprint density at radius 2 is 1.88 bits per heavy atom. The number of aliphatic hydroxyl groups excluding tert-OH is 1. The van der Waals surface area contributed by atoms with Crippen molar-refractivity contribution >= 4 is 44.3 Å². The highest BCUT2D eigenvalue weighted by Gasteiger charge is 2.37. The van der Waals surface area contributed by atoms with E-state index in [1.54, 1.807) is 23.4 Å². The van der Waals surface area contributed by atoms with Crippen molar-refractivity contribution < 1.29 is 18.3 Å². The van der Waals surface area contributed by atoms with Gasteiger partial charge in [-0.2, -0.15) is 14.3 Å². The average Bonchev–Trinajstić information content (AvgIpc) is 3.62.